The molecule has 0 atom stereocenters. The van der Waals surface area contributed by atoms with Gasteiger partial charge in [0.15, 0.2) is 0 Å². The van der Waals surface area contributed by atoms with Crippen molar-refractivity contribution < 1.29 is 17.9 Å². The molecule has 1 aliphatic heterocycles. The molecule has 0 saturated carbocycles. The first-order chi connectivity index (χ1) is 15.0. The summed E-state index contributed by atoms with van der Waals surface area (Å²) in [6.07, 6.45) is 1.50. The van der Waals surface area contributed by atoms with Gasteiger partial charge in [0.25, 0.3) is 15.9 Å². The Kier molecular flexibility index (Phi) is 5.95. The van der Waals surface area contributed by atoms with Gasteiger partial charge in [-0.2, -0.15) is 0 Å². The maximum atomic E-state index is 12.9. The lowest BCUT2D eigenvalue weighted by Crippen LogP contribution is -2.35. The Morgan fingerprint density at radius 2 is 1.77 bits per heavy atom. The number of rotatable bonds is 6. The molecule has 31 heavy (non-hydrogen) atoms. The van der Waals surface area contributed by atoms with Crippen molar-refractivity contribution in [3.8, 4) is 5.75 Å². The van der Waals surface area contributed by atoms with E-state index in [1.165, 1.54) is 0 Å². The van der Waals surface area contributed by atoms with E-state index in [9.17, 15) is 13.2 Å². The van der Waals surface area contributed by atoms with Crippen LogP contribution in [0.5, 0.6) is 5.75 Å². The molecule has 160 valence electrons. The zero-order valence-corrected chi connectivity index (χ0v) is 18.1. The van der Waals surface area contributed by atoms with Gasteiger partial charge >= 0.3 is 0 Å². The summed E-state index contributed by atoms with van der Waals surface area (Å²) in [5.74, 6) is 0.604. The van der Waals surface area contributed by atoms with E-state index < -0.39 is 10.0 Å². The Bertz CT molecular complexity index is 1180. The van der Waals surface area contributed by atoms with Crippen LogP contribution in [0.3, 0.4) is 0 Å². The summed E-state index contributed by atoms with van der Waals surface area (Å²) in [6.45, 7) is 3.04. The molecule has 3 aromatic carbocycles. The van der Waals surface area contributed by atoms with Gasteiger partial charge in [-0.1, -0.05) is 18.2 Å². The SMILES string of the molecule is CCOc1ccc(NS(=O)(=O)c2ccc3c(c2)CCCN3C(=O)c2ccccc2)cc1. The number of benzene rings is 3. The normalized spacial score (nSPS) is 13.4. The summed E-state index contributed by atoms with van der Waals surface area (Å²) in [5, 5.41) is 0. The van der Waals surface area contributed by atoms with Crippen LogP contribution in [0.25, 0.3) is 0 Å². The predicted molar refractivity (Wildman–Crippen MR) is 121 cm³/mol. The van der Waals surface area contributed by atoms with Gasteiger partial charge in [-0.3, -0.25) is 9.52 Å². The Morgan fingerprint density at radius 1 is 1.03 bits per heavy atom. The topological polar surface area (TPSA) is 75.7 Å². The molecule has 0 spiro atoms. The number of anilines is 2. The van der Waals surface area contributed by atoms with Crippen molar-refractivity contribution in [2.75, 3.05) is 22.8 Å². The number of hydrogen-bond donors (Lipinski definition) is 1. The van der Waals surface area contributed by atoms with Crippen LogP contribution in [-0.4, -0.2) is 27.5 Å². The molecule has 1 amide bonds. The number of carbonyl (C=O) groups is 1. The summed E-state index contributed by atoms with van der Waals surface area (Å²) in [4.78, 5) is 14.8. The van der Waals surface area contributed by atoms with E-state index in [1.807, 2.05) is 25.1 Å². The summed E-state index contributed by atoms with van der Waals surface area (Å²) in [6, 6.07) is 20.8. The van der Waals surface area contributed by atoms with Crippen LogP contribution in [0.4, 0.5) is 11.4 Å². The van der Waals surface area contributed by atoms with Gasteiger partial charge in [0.1, 0.15) is 5.75 Å². The van der Waals surface area contributed by atoms with Crippen LogP contribution < -0.4 is 14.4 Å². The smallest absolute Gasteiger partial charge is 0.261 e. The first kappa shape index (κ1) is 20.9. The Labute approximate surface area is 182 Å². The minimum absolute atomic E-state index is 0.0790. The van der Waals surface area contributed by atoms with Crippen molar-refractivity contribution in [3.63, 3.8) is 0 Å². The monoisotopic (exact) mass is 436 g/mol. The third kappa shape index (κ3) is 4.56. The zero-order chi connectivity index (χ0) is 21.8. The second-order valence-corrected chi connectivity index (χ2v) is 8.96. The van der Waals surface area contributed by atoms with E-state index in [-0.39, 0.29) is 10.8 Å². The van der Waals surface area contributed by atoms with Crippen molar-refractivity contribution >= 4 is 27.3 Å². The van der Waals surface area contributed by atoms with E-state index >= 15 is 0 Å². The first-order valence-electron chi connectivity index (χ1n) is 10.2. The molecule has 6 nitrogen and oxygen atoms in total. The highest BCUT2D eigenvalue weighted by molar-refractivity contribution is 7.92. The third-order valence-electron chi connectivity index (χ3n) is 5.16. The molecular formula is C24H24N2O4S. The molecule has 3 aromatic rings. The van der Waals surface area contributed by atoms with Gasteiger partial charge in [0.05, 0.1) is 11.5 Å². The number of aryl methyl sites for hydroxylation is 1. The second kappa shape index (κ2) is 8.81. The van der Waals surface area contributed by atoms with Gasteiger partial charge in [0, 0.05) is 23.5 Å². The number of ether oxygens (including phenoxy) is 1. The quantitative estimate of drug-likeness (QED) is 0.618. The van der Waals surface area contributed by atoms with Crippen LogP contribution >= 0.6 is 0 Å². The molecule has 1 N–H and O–H groups in total. The average molecular weight is 437 g/mol. The van der Waals surface area contributed by atoms with E-state index in [4.69, 9.17) is 4.74 Å². The third-order valence-corrected chi connectivity index (χ3v) is 6.54. The van der Waals surface area contributed by atoms with Crippen LogP contribution in [0.1, 0.15) is 29.3 Å². The first-order valence-corrected chi connectivity index (χ1v) is 11.7. The fourth-order valence-corrected chi connectivity index (χ4v) is 4.80. The highest BCUT2D eigenvalue weighted by Crippen LogP contribution is 2.31. The van der Waals surface area contributed by atoms with Crippen LogP contribution in [0.15, 0.2) is 77.7 Å². The van der Waals surface area contributed by atoms with E-state index in [1.54, 1.807) is 59.5 Å². The maximum absolute atomic E-state index is 12.9. The largest absolute Gasteiger partial charge is 0.494 e. The number of nitrogens with one attached hydrogen (secondary N) is 1. The van der Waals surface area contributed by atoms with E-state index in [0.29, 0.717) is 30.2 Å². The summed E-state index contributed by atoms with van der Waals surface area (Å²) in [7, 11) is -3.76. The van der Waals surface area contributed by atoms with E-state index in [2.05, 4.69) is 4.72 Å². The maximum Gasteiger partial charge on any atom is 0.261 e. The van der Waals surface area contributed by atoms with Gasteiger partial charge in [-0.25, -0.2) is 8.42 Å². The number of nitrogens with zero attached hydrogens (tertiary/aromatic N) is 1. The molecule has 0 radical (unpaired) electrons. The van der Waals surface area contributed by atoms with Crippen molar-refractivity contribution in [3.05, 3.63) is 83.9 Å². The summed E-state index contributed by atoms with van der Waals surface area (Å²) in [5.41, 5.74) is 2.69. The molecule has 0 bridgehead atoms. The summed E-state index contributed by atoms with van der Waals surface area (Å²) < 4.78 is 33.8. The molecule has 0 saturated heterocycles. The van der Waals surface area contributed by atoms with Crippen LogP contribution in [0.2, 0.25) is 0 Å². The van der Waals surface area contributed by atoms with Gasteiger partial charge < -0.3 is 9.64 Å². The van der Waals surface area contributed by atoms with Crippen molar-refractivity contribution in [2.24, 2.45) is 0 Å². The molecule has 0 aliphatic carbocycles. The predicted octanol–water partition coefficient (Wildman–Crippen LogP) is 4.48. The number of fused-ring (bicyclic) bond motifs is 1. The van der Waals surface area contributed by atoms with Gasteiger partial charge in [0.2, 0.25) is 0 Å². The lowest BCUT2D eigenvalue weighted by Gasteiger charge is -2.30. The lowest BCUT2D eigenvalue weighted by atomic mass is 10.0. The highest BCUT2D eigenvalue weighted by atomic mass is 32.2. The fourth-order valence-electron chi connectivity index (χ4n) is 3.69. The molecule has 0 fully saturated rings. The van der Waals surface area contributed by atoms with Gasteiger partial charge in [-0.05, 0) is 79.9 Å². The Hall–Kier alpha value is -3.32. The zero-order valence-electron chi connectivity index (χ0n) is 17.2. The standard InChI is InChI=1S/C24H24N2O4S/c1-2-30-21-12-10-20(11-13-21)25-31(28,29)22-14-15-23-19(17-22)9-6-16-26(23)24(27)18-7-4-3-5-8-18/h3-5,7-8,10-15,17,25H,2,6,9,16H2,1H3. The molecule has 7 heteroatoms. The van der Waals surface area contributed by atoms with Crippen LogP contribution in [-0.2, 0) is 16.4 Å². The molecule has 1 aliphatic rings. The Morgan fingerprint density at radius 3 is 2.48 bits per heavy atom. The number of hydrogen-bond acceptors (Lipinski definition) is 4. The van der Waals surface area contributed by atoms with Crippen LogP contribution in [0, 0.1) is 0 Å². The van der Waals surface area contributed by atoms with Crippen molar-refractivity contribution in [2.45, 2.75) is 24.7 Å². The Balaban J connectivity index is 1.57. The minimum atomic E-state index is -3.76. The minimum Gasteiger partial charge on any atom is -0.494 e. The van der Waals surface area contributed by atoms with E-state index in [0.717, 1.165) is 24.1 Å². The molecule has 0 aromatic heterocycles. The van der Waals surface area contributed by atoms with Crippen molar-refractivity contribution in [1.29, 1.82) is 0 Å². The average Bonchev–Trinajstić information content (AvgIpc) is 2.79. The van der Waals surface area contributed by atoms with Gasteiger partial charge in [-0.15, -0.1) is 0 Å². The molecule has 1 heterocycles. The highest BCUT2D eigenvalue weighted by Gasteiger charge is 2.25. The molecule has 4 rings (SSSR count). The number of amides is 1. The summed E-state index contributed by atoms with van der Waals surface area (Å²) >= 11 is 0. The fraction of sp³-hybridized carbons (Fsp3) is 0.208. The second-order valence-electron chi connectivity index (χ2n) is 7.28. The lowest BCUT2D eigenvalue weighted by molar-refractivity contribution is 0.0985. The number of carbonyl (C=O) groups excluding carboxylic acids is 1. The molecule has 0 unspecified atom stereocenters. The van der Waals surface area contributed by atoms with Crippen molar-refractivity contribution in [1.82, 2.24) is 0 Å². The molecular weight excluding hydrogens is 412 g/mol. The number of sulfonamides is 1.